The molecule has 0 atom stereocenters. The zero-order valence-corrected chi connectivity index (χ0v) is 12.2. The van der Waals surface area contributed by atoms with Gasteiger partial charge >= 0.3 is 6.03 Å². The highest BCUT2D eigenvalue weighted by Crippen LogP contribution is 2.04. The minimum Gasteiger partial charge on any atom is -0.339 e. The summed E-state index contributed by atoms with van der Waals surface area (Å²) >= 11 is 0. The van der Waals surface area contributed by atoms with E-state index < -0.39 is 0 Å². The van der Waals surface area contributed by atoms with Crippen molar-refractivity contribution in [3.05, 3.63) is 6.33 Å². The lowest BCUT2D eigenvalue weighted by Gasteiger charge is -2.22. The average molecular weight is 295 g/mol. The first kappa shape index (κ1) is 15.2. The molecule has 1 saturated heterocycles. The van der Waals surface area contributed by atoms with Gasteiger partial charge in [-0.15, -0.1) is 5.10 Å². The Labute approximate surface area is 123 Å². The van der Waals surface area contributed by atoms with Crippen LogP contribution in [0, 0.1) is 0 Å². The standard InChI is InChI=1S/C12H21N7O2/c1-2-4-13-12(21)18-6-3-5-17(7-8-18)11(20)9-19-10-14-15-16-19/h10H,2-9H2,1H3,(H,13,21). The second kappa shape index (κ2) is 7.55. The van der Waals surface area contributed by atoms with Crippen LogP contribution in [-0.2, 0) is 11.3 Å². The third-order valence-electron chi connectivity index (χ3n) is 3.35. The van der Waals surface area contributed by atoms with Crippen LogP contribution in [0.2, 0.25) is 0 Å². The van der Waals surface area contributed by atoms with E-state index in [-0.39, 0.29) is 18.5 Å². The first-order valence-electron chi connectivity index (χ1n) is 7.22. The van der Waals surface area contributed by atoms with Gasteiger partial charge < -0.3 is 15.1 Å². The molecule has 1 aliphatic rings. The summed E-state index contributed by atoms with van der Waals surface area (Å²) in [6.07, 6.45) is 3.11. The summed E-state index contributed by atoms with van der Waals surface area (Å²) < 4.78 is 1.40. The van der Waals surface area contributed by atoms with E-state index in [0.717, 1.165) is 12.8 Å². The maximum absolute atomic E-state index is 12.2. The number of hydrogen-bond donors (Lipinski definition) is 1. The summed E-state index contributed by atoms with van der Waals surface area (Å²) in [6.45, 7) is 5.24. The molecule has 1 N–H and O–H groups in total. The Balaban J connectivity index is 1.82. The lowest BCUT2D eigenvalue weighted by Crippen LogP contribution is -2.43. The van der Waals surface area contributed by atoms with Gasteiger partial charge in [-0.25, -0.2) is 9.48 Å². The van der Waals surface area contributed by atoms with E-state index in [1.807, 2.05) is 6.92 Å². The molecular formula is C12H21N7O2. The van der Waals surface area contributed by atoms with E-state index in [9.17, 15) is 9.59 Å². The molecule has 0 aromatic carbocycles. The summed E-state index contributed by atoms with van der Waals surface area (Å²) in [5.41, 5.74) is 0. The first-order valence-corrected chi connectivity index (χ1v) is 7.22. The van der Waals surface area contributed by atoms with Gasteiger partial charge in [0.2, 0.25) is 5.91 Å². The van der Waals surface area contributed by atoms with E-state index >= 15 is 0 Å². The minimum absolute atomic E-state index is 0.0295. The van der Waals surface area contributed by atoms with Crippen molar-refractivity contribution in [1.29, 1.82) is 0 Å². The number of rotatable bonds is 4. The fraction of sp³-hybridized carbons (Fsp3) is 0.750. The van der Waals surface area contributed by atoms with Crippen molar-refractivity contribution in [2.75, 3.05) is 32.7 Å². The molecule has 1 fully saturated rings. The highest BCUT2D eigenvalue weighted by Gasteiger charge is 2.22. The van der Waals surface area contributed by atoms with Gasteiger partial charge in [-0.3, -0.25) is 4.79 Å². The molecule has 1 aliphatic heterocycles. The third-order valence-corrected chi connectivity index (χ3v) is 3.35. The van der Waals surface area contributed by atoms with Gasteiger partial charge in [0.15, 0.2) is 0 Å². The predicted octanol–water partition coefficient (Wildman–Crippen LogP) is -0.673. The van der Waals surface area contributed by atoms with Crippen molar-refractivity contribution in [3.63, 3.8) is 0 Å². The second-order valence-electron chi connectivity index (χ2n) is 4.96. The number of aromatic nitrogens is 4. The van der Waals surface area contributed by atoms with Crippen LogP contribution in [0.25, 0.3) is 0 Å². The molecule has 1 aromatic rings. The van der Waals surface area contributed by atoms with Crippen molar-refractivity contribution >= 4 is 11.9 Å². The second-order valence-corrected chi connectivity index (χ2v) is 4.96. The summed E-state index contributed by atoms with van der Waals surface area (Å²) in [6, 6.07) is -0.0494. The highest BCUT2D eigenvalue weighted by molar-refractivity contribution is 5.76. The van der Waals surface area contributed by atoms with E-state index in [1.165, 1.54) is 11.0 Å². The number of urea groups is 1. The van der Waals surface area contributed by atoms with Crippen LogP contribution in [0.15, 0.2) is 6.33 Å². The van der Waals surface area contributed by atoms with E-state index in [0.29, 0.717) is 32.7 Å². The number of carbonyl (C=O) groups excluding carboxylic acids is 2. The lowest BCUT2D eigenvalue weighted by molar-refractivity contribution is -0.131. The molecule has 9 nitrogen and oxygen atoms in total. The van der Waals surface area contributed by atoms with E-state index in [4.69, 9.17) is 0 Å². The zero-order chi connectivity index (χ0) is 15.1. The SMILES string of the molecule is CCCNC(=O)N1CCCN(C(=O)Cn2cnnn2)CC1. The Hall–Kier alpha value is -2.19. The van der Waals surface area contributed by atoms with Gasteiger partial charge in [0.1, 0.15) is 12.9 Å². The maximum Gasteiger partial charge on any atom is 0.317 e. The Bertz CT molecular complexity index is 462. The molecular weight excluding hydrogens is 274 g/mol. The molecule has 0 bridgehead atoms. The Morgan fingerprint density at radius 1 is 1.19 bits per heavy atom. The Morgan fingerprint density at radius 2 is 1.95 bits per heavy atom. The van der Waals surface area contributed by atoms with Gasteiger partial charge in [-0.1, -0.05) is 6.92 Å². The minimum atomic E-state index is -0.0494. The number of hydrogen-bond acceptors (Lipinski definition) is 5. The van der Waals surface area contributed by atoms with Crippen molar-refractivity contribution in [1.82, 2.24) is 35.3 Å². The van der Waals surface area contributed by atoms with Crippen molar-refractivity contribution in [3.8, 4) is 0 Å². The van der Waals surface area contributed by atoms with Crippen molar-refractivity contribution in [2.24, 2.45) is 0 Å². The summed E-state index contributed by atoms with van der Waals surface area (Å²) in [7, 11) is 0. The number of carbonyl (C=O) groups is 2. The fourth-order valence-corrected chi connectivity index (χ4v) is 2.20. The normalized spacial score (nSPS) is 15.7. The highest BCUT2D eigenvalue weighted by atomic mass is 16.2. The van der Waals surface area contributed by atoms with Gasteiger partial charge in [0.25, 0.3) is 0 Å². The van der Waals surface area contributed by atoms with Crippen LogP contribution in [0.4, 0.5) is 4.79 Å². The Kier molecular flexibility index (Phi) is 5.47. The van der Waals surface area contributed by atoms with E-state index in [2.05, 4.69) is 20.8 Å². The predicted molar refractivity (Wildman–Crippen MR) is 74.3 cm³/mol. The molecule has 116 valence electrons. The third kappa shape index (κ3) is 4.40. The molecule has 3 amide bonds. The van der Waals surface area contributed by atoms with Crippen LogP contribution < -0.4 is 5.32 Å². The zero-order valence-electron chi connectivity index (χ0n) is 12.2. The summed E-state index contributed by atoms with van der Waals surface area (Å²) in [5, 5.41) is 13.6. The van der Waals surface area contributed by atoms with Gasteiger partial charge in [0.05, 0.1) is 0 Å². The largest absolute Gasteiger partial charge is 0.339 e. The number of tetrazole rings is 1. The molecule has 0 radical (unpaired) electrons. The van der Waals surface area contributed by atoms with Gasteiger partial charge in [0, 0.05) is 32.7 Å². The van der Waals surface area contributed by atoms with Crippen LogP contribution in [0.5, 0.6) is 0 Å². The topological polar surface area (TPSA) is 96.2 Å². The molecule has 0 spiro atoms. The molecule has 2 heterocycles. The van der Waals surface area contributed by atoms with Crippen molar-refractivity contribution < 1.29 is 9.59 Å². The molecule has 0 aliphatic carbocycles. The average Bonchev–Trinajstić information content (AvgIpc) is 2.86. The molecule has 2 rings (SSSR count). The van der Waals surface area contributed by atoms with Crippen LogP contribution in [-0.4, -0.2) is 74.7 Å². The molecule has 9 heteroatoms. The number of amides is 3. The molecule has 0 saturated carbocycles. The fourth-order valence-electron chi connectivity index (χ4n) is 2.20. The monoisotopic (exact) mass is 295 g/mol. The summed E-state index contributed by atoms with van der Waals surface area (Å²) in [4.78, 5) is 27.6. The maximum atomic E-state index is 12.2. The van der Waals surface area contributed by atoms with Crippen LogP contribution in [0.1, 0.15) is 19.8 Å². The summed E-state index contributed by atoms with van der Waals surface area (Å²) in [5.74, 6) is -0.0295. The lowest BCUT2D eigenvalue weighted by atomic mass is 10.3. The number of nitrogens with one attached hydrogen (secondary N) is 1. The van der Waals surface area contributed by atoms with Gasteiger partial charge in [-0.2, -0.15) is 0 Å². The molecule has 21 heavy (non-hydrogen) atoms. The van der Waals surface area contributed by atoms with Crippen LogP contribution >= 0.6 is 0 Å². The quantitative estimate of drug-likeness (QED) is 0.794. The van der Waals surface area contributed by atoms with Crippen molar-refractivity contribution in [2.45, 2.75) is 26.3 Å². The van der Waals surface area contributed by atoms with E-state index in [1.54, 1.807) is 9.80 Å². The van der Waals surface area contributed by atoms with Gasteiger partial charge in [-0.05, 0) is 23.3 Å². The molecule has 1 aromatic heterocycles. The number of nitrogens with zero attached hydrogens (tertiary/aromatic N) is 6. The van der Waals surface area contributed by atoms with Crippen LogP contribution in [0.3, 0.4) is 0 Å². The molecule has 0 unspecified atom stereocenters. The first-order chi connectivity index (χ1) is 10.2. The Morgan fingerprint density at radius 3 is 2.67 bits per heavy atom. The smallest absolute Gasteiger partial charge is 0.317 e.